The fraction of sp³-hybridized carbons (Fsp3) is 0.353. The van der Waals surface area contributed by atoms with Gasteiger partial charge in [0.2, 0.25) is 11.8 Å². The van der Waals surface area contributed by atoms with Crippen LogP contribution in [0.1, 0.15) is 42.5 Å². The highest BCUT2D eigenvalue weighted by atomic mass is 32.2. The Morgan fingerprint density at radius 2 is 1.69 bits per heavy atom. The number of nitrogens with zero attached hydrogens (tertiary/aromatic N) is 1. The predicted molar refractivity (Wildman–Crippen MR) is 178 cm³/mol. The van der Waals surface area contributed by atoms with E-state index in [1.165, 1.54) is 36.0 Å². The summed E-state index contributed by atoms with van der Waals surface area (Å²) < 4.78 is 32.3. The van der Waals surface area contributed by atoms with Crippen molar-refractivity contribution in [1.82, 2.24) is 10.6 Å². The molecule has 1 heterocycles. The molecule has 1 saturated heterocycles. The summed E-state index contributed by atoms with van der Waals surface area (Å²) >= 11 is 1.31. The third kappa shape index (κ3) is 9.69. The number of carboxylic acids is 1. The Labute approximate surface area is 283 Å². The van der Waals surface area contributed by atoms with Gasteiger partial charge in [-0.15, -0.1) is 11.8 Å². The largest absolute Gasteiger partial charge is 0.497 e. The second-order valence-corrected chi connectivity index (χ2v) is 12.2. The Kier molecular flexibility index (Phi) is 12.6. The van der Waals surface area contributed by atoms with Gasteiger partial charge in [-0.3, -0.25) is 14.4 Å². The molecular formula is C34H39FN4O8S. The van der Waals surface area contributed by atoms with Crippen molar-refractivity contribution in [3.8, 4) is 11.5 Å². The number of hydrogen-bond acceptors (Lipinski definition) is 9. The van der Waals surface area contributed by atoms with E-state index in [0.717, 1.165) is 5.56 Å². The van der Waals surface area contributed by atoms with E-state index < -0.39 is 60.2 Å². The van der Waals surface area contributed by atoms with E-state index in [9.17, 15) is 33.8 Å². The topological polar surface area (TPSA) is 181 Å². The Hall–Kier alpha value is -4.66. The van der Waals surface area contributed by atoms with Gasteiger partial charge in [-0.1, -0.05) is 24.3 Å². The van der Waals surface area contributed by atoms with Crippen LogP contribution in [0.2, 0.25) is 1.41 Å². The zero-order valence-electron chi connectivity index (χ0n) is 27.3. The van der Waals surface area contributed by atoms with E-state index in [1.807, 2.05) is 0 Å². The Balaban J connectivity index is 1.37. The molecule has 3 aromatic rings. The normalized spacial score (nSPS) is 17.0. The standard InChI is InChI=1S/C34H39FN4O8S/c1-46-25-13-5-21(6-14-25)28(40)20-48-32-31(39(33(32)43)24-11-9-23(35)10-12-24)22-7-15-26(16-8-22)47-19-30(42)37-18-29(41)38-27(34(44)45)4-2-3-17-36/h5-16,27-28,31-32,40H,2-4,17-20,36H2,1H3,(H,37,42)(H,38,41)(H,44,45)/t27-,28?,31+,32+/m0/s1/i/hD. The van der Waals surface area contributed by atoms with Crippen molar-refractivity contribution in [1.29, 1.82) is 0 Å². The zero-order valence-corrected chi connectivity index (χ0v) is 27.1. The van der Waals surface area contributed by atoms with Gasteiger partial charge in [0.15, 0.2) is 8.02 Å². The molecule has 4 rings (SSSR count). The highest BCUT2D eigenvalue weighted by Crippen LogP contribution is 2.46. The second kappa shape index (κ2) is 17.5. The SMILES string of the molecule is [2H]N(CC(=O)N[C@@H](CCCCN)C(=O)O)C(=O)COc1ccc([C@@H]2[C@@H](SCC(O)c3ccc(OC)cc3)C(=O)N2c2ccc(F)cc2)cc1. The molecule has 14 heteroatoms. The number of nitrogens with one attached hydrogen (secondary N) is 2. The van der Waals surface area contributed by atoms with E-state index in [4.69, 9.17) is 16.6 Å². The molecular weight excluding hydrogens is 643 g/mol. The molecule has 1 aliphatic rings. The first kappa shape index (κ1) is 34.7. The van der Waals surface area contributed by atoms with Crippen LogP contribution < -0.4 is 30.7 Å². The van der Waals surface area contributed by atoms with Gasteiger partial charge >= 0.3 is 5.97 Å². The highest BCUT2D eigenvalue weighted by Gasteiger charge is 2.49. The number of benzene rings is 3. The number of anilines is 1. The number of aliphatic carboxylic acids is 1. The van der Waals surface area contributed by atoms with Crippen molar-refractivity contribution in [2.24, 2.45) is 5.73 Å². The monoisotopic (exact) mass is 683 g/mol. The molecule has 12 nitrogen and oxygen atoms in total. The lowest BCUT2D eigenvalue weighted by atomic mass is 9.92. The number of methoxy groups -OCH3 is 1. The van der Waals surface area contributed by atoms with Gasteiger partial charge in [0, 0.05) is 11.4 Å². The number of thioether (sulfide) groups is 1. The summed E-state index contributed by atoms with van der Waals surface area (Å²) in [5, 5.41) is 22.3. The lowest BCUT2D eigenvalue weighted by molar-refractivity contribution is -0.142. The summed E-state index contributed by atoms with van der Waals surface area (Å²) in [5.74, 6) is -2.28. The number of β-lactam (4-membered cyclic amide) rings is 1. The third-order valence-electron chi connectivity index (χ3n) is 7.65. The van der Waals surface area contributed by atoms with Crippen LogP contribution in [0.5, 0.6) is 11.5 Å². The van der Waals surface area contributed by atoms with Crippen molar-refractivity contribution in [3.05, 3.63) is 89.7 Å². The van der Waals surface area contributed by atoms with Crippen molar-refractivity contribution >= 4 is 41.1 Å². The number of aliphatic hydroxyl groups excluding tert-OH is 1. The minimum atomic E-state index is -1.22. The molecule has 3 amide bonds. The molecule has 4 atom stereocenters. The van der Waals surface area contributed by atoms with Gasteiger partial charge in [0.05, 0.1) is 25.8 Å². The van der Waals surface area contributed by atoms with Crippen molar-refractivity contribution in [2.75, 3.05) is 37.5 Å². The quantitative estimate of drug-likeness (QED) is 0.0989. The van der Waals surface area contributed by atoms with Gasteiger partial charge in [-0.25, -0.2) is 9.18 Å². The van der Waals surface area contributed by atoms with Crippen LogP contribution in [0.4, 0.5) is 10.1 Å². The van der Waals surface area contributed by atoms with Gasteiger partial charge in [0.1, 0.15) is 28.6 Å². The first-order valence-electron chi connectivity index (χ1n) is 15.7. The molecule has 0 aliphatic carbocycles. The van der Waals surface area contributed by atoms with Crippen LogP contribution in [-0.4, -0.2) is 77.8 Å². The summed E-state index contributed by atoms with van der Waals surface area (Å²) in [6.07, 6.45) is 0.436. The van der Waals surface area contributed by atoms with Crippen LogP contribution in [0.25, 0.3) is 0 Å². The summed E-state index contributed by atoms with van der Waals surface area (Å²) in [4.78, 5) is 51.1. The van der Waals surface area contributed by atoms with Crippen LogP contribution in [0.15, 0.2) is 72.8 Å². The molecule has 0 saturated carbocycles. The van der Waals surface area contributed by atoms with Crippen molar-refractivity contribution in [3.63, 3.8) is 0 Å². The maximum Gasteiger partial charge on any atom is 0.326 e. The first-order valence-corrected chi connectivity index (χ1v) is 16.3. The average molecular weight is 684 g/mol. The molecule has 1 unspecified atom stereocenters. The summed E-state index contributed by atoms with van der Waals surface area (Å²) in [7, 11) is 1.55. The van der Waals surface area contributed by atoms with Crippen molar-refractivity contribution in [2.45, 2.75) is 42.7 Å². The highest BCUT2D eigenvalue weighted by molar-refractivity contribution is 8.00. The van der Waals surface area contributed by atoms with E-state index in [-0.39, 0.29) is 18.1 Å². The van der Waals surface area contributed by atoms with E-state index in [1.54, 1.807) is 60.5 Å². The number of halogens is 1. The molecule has 3 aromatic carbocycles. The Morgan fingerprint density at radius 1 is 1.02 bits per heavy atom. The predicted octanol–water partition coefficient (Wildman–Crippen LogP) is 2.95. The molecule has 48 heavy (non-hydrogen) atoms. The lowest BCUT2D eigenvalue weighted by Crippen LogP contribution is -2.57. The van der Waals surface area contributed by atoms with Gasteiger partial charge in [-0.2, -0.15) is 0 Å². The molecule has 1 aliphatic heterocycles. The average Bonchev–Trinajstić information content (AvgIpc) is 3.10. The van der Waals surface area contributed by atoms with Gasteiger partial charge < -0.3 is 40.9 Å². The van der Waals surface area contributed by atoms with E-state index in [0.29, 0.717) is 47.4 Å². The molecule has 6 N–H and O–H groups in total. The number of hydrogen-bond donors (Lipinski definition) is 5. The minimum absolute atomic E-state index is 0.172. The summed E-state index contributed by atoms with van der Waals surface area (Å²) in [5.41, 5.74) is 7.35. The van der Waals surface area contributed by atoms with Gasteiger partial charge in [0.25, 0.3) is 5.91 Å². The van der Waals surface area contributed by atoms with E-state index in [2.05, 4.69) is 5.32 Å². The smallest absolute Gasteiger partial charge is 0.326 e. The zero-order chi connectivity index (χ0) is 35.5. The van der Waals surface area contributed by atoms with Crippen LogP contribution in [-0.2, 0) is 19.2 Å². The number of ether oxygens (including phenoxy) is 2. The maximum atomic E-state index is 13.7. The number of nitrogens with two attached hydrogens (primary N) is 1. The summed E-state index contributed by atoms with van der Waals surface area (Å²) in [6, 6.07) is 17.6. The number of amides is 3. The second-order valence-electron chi connectivity index (χ2n) is 11.0. The molecule has 0 bridgehead atoms. The van der Waals surface area contributed by atoms with Crippen LogP contribution in [0.3, 0.4) is 0 Å². The number of carbonyl (C=O) groups excluding carboxylic acids is 3. The maximum absolute atomic E-state index is 13.7. The Morgan fingerprint density at radius 3 is 2.31 bits per heavy atom. The fourth-order valence-corrected chi connectivity index (χ4v) is 6.36. The number of rotatable bonds is 18. The summed E-state index contributed by atoms with van der Waals surface area (Å²) in [6.45, 7) is -0.841. The lowest BCUT2D eigenvalue weighted by Gasteiger charge is -2.47. The first-order chi connectivity index (χ1) is 23.5. The Bertz CT molecular complexity index is 1580. The molecule has 256 valence electrons. The number of aliphatic hydroxyl groups is 1. The minimum Gasteiger partial charge on any atom is -0.497 e. The number of carbonyl (C=O) groups is 4. The van der Waals surface area contributed by atoms with Gasteiger partial charge in [-0.05, 0) is 85.5 Å². The van der Waals surface area contributed by atoms with Crippen LogP contribution in [0, 0.1) is 5.82 Å². The molecule has 1 fully saturated rings. The van der Waals surface area contributed by atoms with Crippen LogP contribution >= 0.6 is 11.8 Å². The number of carboxylic acid groups (broad SMARTS) is 1. The molecule has 0 spiro atoms. The fourth-order valence-electron chi connectivity index (χ4n) is 5.06. The molecule has 0 aromatic heterocycles. The molecule has 0 radical (unpaired) electrons. The number of unbranched alkanes of at least 4 members (excludes halogenated alkanes) is 1. The third-order valence-corrected chi connectivity index (χ3v) is 8.97. The van der Waals surface area contributed by atoms with E-state index >= 15 is 0 Å². The van der Waals surface area contributed by atoms with Crippen molar-refractivity contribution < 1.29 is 44.7 Å².